The van der Waals surface area contributed by atoms with Crippen LogP contribution in [0.5, 0.6) is 0 Å². The van der Waals surface area contributed by atoms with Gasteiger partial charge in [0.1, 0.15) is 0 Å². The highest BCUT2D eigenvalue weighted by Gasteiger charge is 2.10. The Morgan fingerprint density at radius 3 is 2.46 bits per heavy atom. The summed E-state index contributed by atoms with van der Waals surface area (Å²) < 4.78 is 1.85. The number of hydrogen-bond donors (Lipinski definition) is 0. The molecule has 2 aromatic carbocycles. The van der Waals surface area contributed by atoms with Crippen LogP contribution in [0.3, 0.4) is 0 Å². The minimum Gasteiger partial charge on any atom is -0.308 e. The van der Waals surface area contributed by atoms with Crippen molar-refractivity contribution < 1.29 is 0 Å². The fourth-order valence-electron chi connectivity index (χ4n) is 3.31. The Morgan fingerprint density at radius 1 is 0.923 bits per heavy atom. The summed E-state index contributed by atoms with van der Waals surface area (Å²) in [5.74, 6) is 0. The van der Waals surface area contributed by atoms with Crippen molar-refractivity contribution >= 4 is 10.9 Å². The Morgan fingerprint density at radius 2 is 1.69 bits per heavy atom. The van der Waals surface area contributed by atoms with E-state index in [2.05, 4.69) is 42.2 Å². The Balaban J connectivity index is 1.80. The maximum Gasteiger partial charge on any atom is 0.251 e. The number of para-hydroxylation sites is 1. The zero-order valence-electron chi connectivity index (χ0n) is 14.7. The Bertz CT molecular complexity index is 1100. The van der Waals surface area contributed by atoms with Gasteiger partial charge in [0.2, 0.25) is 0 Å². The summed E-state index contributed by atoms with van der Waals surface area (Å²) in [6.07, 6.45) is 2.52. The van der Waals surface area contributed by atoms with Crippen LogP contribution in [0.4, 0.5) is 0 Å². The molecule has 0 aliphatic carbocycles. The SMILES string of the molecule is Cc1ccc(-c2cc(=O)n(CCc3ccccn3)c3ccccc23)cc1. The standard InChI is InChI=1S/C23H20N2O/c1-17-9-11-18(12-10-17)21-16-23(26)25(22-8-3-2-7-20(21)22)15-13-19-6-4-5-14-24-19/h2-12,14,16H,13,15H2,1H3. The van der Waals surface area contributed by atoms with Crippen molar-refractivity contribution in [2.45, 2.75) is 19.9 Å². The van der Waals surface area contributed by atoms with Gasteiger partial charge in [0, 0.05) is 36.3 Å². The topological polar surface area (TPSA) is 34.9 Å². The summed E-state index contributed by atoms with van der Waals surface area (Å²) in [4.78, 5) is 17.2. The van der Waals surface area contributed by atoms with E-state index in [0.717, 1.165) is 34.1 Å². The first-order valence-electron chi connectivity index (χ1n) is 8.82. The second kappa shape index (κ2) is 6.96. The van der Waals surface area contributed by atoms with Gasteiger partial charge in [-0.2, -0.15) is 0 Å². The van der Waals surface area contributed by atoms with E-state index < -0.39 is 0 Å². The third-order valence-corrected chi connectivity index (χ3v) is 4.70. The molecule has 0 N–H and O–H groups in total. The van der Waals surface area contributed by atoms with Gasteiger partial charge in [0.25, 0.3) is 5.56 Å². The van der Waals surface area contributed by atoms with E-state index in [1.165, 1.54) is 5.56 Å². The molecule has 0 spiro atoms. The van der Waals surface area contributed by atoms with Gasteiger partial charge in [-0.25, -0.2) is 0 Å². The predicted molar refractivity (Wildman–Crippen MR) is 106 cm³/mol. The van der Waals surface area contributed by atoms with Crippen LogP contribution < -0.4 is 5.56 Å². The number of aryl methyl sites for hydroxylation is 3. The zero-order valence-corrected chi connectivity index (χ0v) is 14.7. The average Bonchev–Trinajstić information content (AvgIpc) is 2.68. The molecule has 3 heteroatoms. The van der Waals surface area contributed by atoms with E-state index in [-0.39, 0.29) is 5.56 Å². The van der Waals surface area contributed by atoms with Gasteiger partial charge in [-0.15, -0.1) is 0 Å². The van der Waals surface area contributed by atoms with E-state index in [1.54, 1.807) is 12.3 Å². The van der Waals surface area contributed by atoms with Gasteiger partial charge in [0.15, 0.2) is 0 Å². The van der Waals surface area contributed by atoms with E-state index in [0.29, 0.717) is 6.54 Å². The molecule has 4 aromatic rings. The van der Waals surface area contributed by atoms with Crippen LogP contribution in [-0.2, 0) is 13.0 Å². The second-order valence-corrected chi connectivity index (χ2v) is 6.50. The summed E-state index contributed by atoms with van der Waals surface area (Å²) in [5, 5.41) is 1.09. The van der Waals surface area contributed by atoms with E-state index in [4.69, 9.17) is 0 Å². The maximum absolute atomic E-state index is 12.9. The van der Waals surface area contributed by atoms with Crippen molar-refractivity contribution in [3.63, 3.8) is 0 Å². The molecule has 0 amide bonds. The fourth-order valence-corrected chi connectivity index (χ4v) is 3.31. The number of aromatic nitrogens is 2. The molecular weight excluding hydrogens is 320 g/mol. The molecule has 0 saturated carbocycles. The quantitative estimate of drug-likeness (QED) is 0.543. The van der Waals surface area contributed by atoms with Crippen molar-refractivity contribution in [2.24, 2.45) is 0 Å². The van der Waals surface area contributed by atoms with E-state index in [1.807, 2.05) is 41.0 Å². The number of pyridine rings is 2. The molecule has 128 valence electrons. The number of benzene rings is 2. The van der Waals surface area contributed by atoms with Gasteiger partial charge < -0.3 is 4.57 Å². The van der Waals surface area contributed by atoms with Crippen LogP contribution in [0.1, 0.15) is 11.3 Å². The number of fused-ring (bicyclic) bond motifs is 1. The lowest BCUT2D eigenvalue weighted by molar-refractivity contribution is 0.685. The van der Waals surface area contributed by atoms with Crippen LogP contribution >= 0.6 is 0 Å². The minimum atomic E-state index is 0.0233. The van der Waals surface area contributed by atoms with Crippen LogP contribution in [0.25, 0.3) is 22.0 Å². The Kier molecular flexibility index (Phi) is 4.36. The van der Waals surface area contributed by atoms with E-state index in [9.17, 15) is 4.79 Å². The lowest BCUT2D eigenvalue weighted by Crippen LogP contribution is -2.21. The molecule has 0 fully saturated rings. The first kappa shape index (κ1) is 16.3. The maximum atomic E-state index is 12.9. The number of rotatable bonds is 4. The molecule has 2 aromatic heterocycles. The molecule has 0 radical (unpaired) electrons. The molecule has 0 bridgehead atoms. The van der Waals surface area contributed by atoms with Crippen molar-refractivity contribution in [1.29, 1.82) is 0 Å². The van der Waals surface area contributed by atoms with Crippen LogP contribution in [0, 0.1) is 6.92 Å². The van der Waals surface area contributed by atoms with Crippen molar-refractivity contribution in [3.05, 3.63) is 101 Å². The minimum absolute atomic E-state index is 0.0233. The predicted octanol–water partition coefficient (Wildman–Crippen LogP) is 4.61. The number of hydrogen-bond acceptors (Lipinski definition) is 2. The summed E-state index contributed by atoms with van der Waals surface area (Å²) in [6.45, 7) is 2.68. The number of nitrogens with zero attached hydrogens (tertiary/aromatic N) is 2. The molecule has 0 aliphatic rings. The molecule has 0 aliphatic heterocycles. The lowest BCUT2D eigenvalue weighted by Gasteiger charge is -2.14. The van der Waals surface area contributed by atoms with Crippen molar-refractivity contribution in [3.8, 4) is 11.1 Å². The monoisotopic (exact) mass is 340 g/mol. The van der Waals surface area contributed by atoms with Gasteiger partial charge in [0.05, 0.1) is 5.52 Å². The zero-order chi connectivity index (χ0) is 17.9. The Hall–Kier alpha value is -3.20. The van der Waals surface area contributed by atoms with Crippen LogP contribution in [-0.4, -0.2) is 9.55 Å². The smallest absolute Gasteiger partial charge is 0.251 e. The van der Waals surface area contributed by atoms with Gasteiger partial charge in [-0.1, -0.05) is 54.1 Å². The fraction of sp³-hybridized carbons (Fsp3) is 0.130. The third-order valence-electron chi connectivity index (χ3n) is 4.70. The molecule has 2 heterocycles. The summed E-state index contributed by atoms with van der Waals surface area (Å²) >= 11 is 0. The molecule has 0 atom stereocenters. The van der Waals surface area contributed by atoms with Gasteiger partial charge in [-0.3, -0.25) is 9.78 Å². The highest BCUT2D eigenvalue weighted by atomic mass is 16.1. The lowest BCUT2D eigenvalue weighted by atomic mass is 10.00. The van der Waals surface area contributed by atoms with Crippen molar-refractivity contribution in [2.75, 3.05) is 0 Å². The molecular formula is C23H20N2O. The third kappa shape index (κ3) is 3.16. The second-order valence-electron chi connectivity index (χ2n) is 6.50. The normalized spacial score (nSPS) is 11.0. The average molecular weight is 340 g/mol. The van der Waals surface area contributed by atoms with Crippen LogP contribution in [0.2, 0.25) is 0 Å². The molecule has 26 heavy (non-hydrogen) atoms. The molecule has 0 saturated heterocycles. The summed E-state index contributed by atoms with van der Waals surface area (Å²) in [7, 11) is 0. The first-order chi connectivity index (χ1) is 12.7. The van der Waals surface area contributed by atoms with E-state index >= 15 is 0 Å². The molecule has 4 rings (SSSR count). The Labute approximate surface area is 152 Å². The highest BCUT2D eigenvalue weighted by Crippen LogP contribution is 2.27. The summed E-state index contributed by atoms with van der Waals surface area (Å²) in [6, 6.07) is 24.1. The molecule has 0 unspecified atom stereocenters. The largest absolute Gasteiger partial charge is 0.308 e. The van der Waals surface area contributed by atoms with Crippen molar-refractivity contribution in [1.82, 2.24) is 9.55 Å². The molecule has 3 nitrogen and oxygen atoms in total. The first-order valence-corrected chi connectivity index (χ1v) is 8.82. The summed E-state index contributed by atoms with van der Waals surface area (Å²) in [5.41, 5.74) is 5.25. The highest BCUT2D eigenvalue weighted by molar-refractivity contribution is 5.94. The van der Waals surface area contributed by atoms with Gasteiger partial charge in [-0.05, 0) is 36.2 Å². The van der Waals surface area contributed by atoms with Crippen LogP contribution in [0.15, 0.2) is 83.8 Å². The van der Waals surface area contributed by atoms with Gasteiger partial charge >= 0.3 is 0 Å².